The van der Waals surface area contributed by atoms with Crippen LogP contribution in [0.15, 0.2) is 24.3 Å². The lowest BCUT2D eigenvalue weighted by atomic mass is 10.1. The third kappa shape index (κ3) is 2.82. The molecule has 1 aromatic carbocycles. The molecule has 126 valence electrons. The van der Waals surface area contributed by atoms with E-state index >= 15 is 0 Å². The van der Waals surface area contributed by atoms with Gasteiger partial charge in [0.2, 0.25) is 5.91 Å². The largest absolute Gasteiger partial charge is 0.497 e. The van der Waals surface area contributed by atoms with E-state index in [4.69, 9.17) is 10.5 Å². The molecule has 1 aliphatic rings. The monoisotopic (exact) mass is 329 g/mol. The minimum atomic E-state index is -0.371. The van der Waals surface area contributed by atoms with Crippen LogP contribution in [0.3, 0.4) is 0 Å². The van der Waals surface area contributed by atoms with Crippen molar-refractivity contribution in [2.75, 3.05) is 20.2 Å². The highest BCUT2D eigenvalue weighted by Crippen LogP contribution is 2.21. The van der Waals surface area contributed by atoms with Gasteiger partial charge in [-0.1, -0.05) is 5.21 Å². The molecule has 2 amide bonds. The summed E-state index contributed by atoms with van der Waals surface area (Å²) >= 11 is 0. The molecule has 1 fully saturated rings. The Morgan fingerprint density at radius 3 is 2.58 bits per heavy atom. The number of hydrogen-bond acceptors (Lipinski definition) is 5. The average molecular weight is 329 g/mol. The highest BCUT2D eigenvalue weighted by molar-refractivity contribution is 5.94. The predicted molar refractivity (Wildman–Crippen MR) is 85.9 cm³/mol. The maximum Gasteiger partial charge on any atom is 0.276 e. The van der Waals surface area contributed by atoms with Crippen molar-refractivity contribution in [3.63, 3.8) is 0 Å². The Morgan fingerprint density at radius 1 is 1.29 bits per heavy atom. The first-order valence-corrected chi connectivity index (χ1v) is 7.66. The van der Waals surface area contributed by atoms with Gasteiger partial charge in [0.25, 0.3) is 5.91 Å². The number of carbonyl (C=O) groups excluding carboxylic acids is 2. The topological polar surface area (TPSA) is 103 Å². The van der Waals surface area contributed by atoms with Crippen molar-refractivity contribution >= 4 is 11.8 Å². The number of ether oxygens (including phenoxy) is 1. The van der Waals surface area contributed by atoms with Crippen molar-refractivity contribution in [1.29, 1.82) is 0 Å². The Balaban J connectivity index is 1.81. The molecule has 2 aromatic rings. The smallest absolute Gasteiger partial charge is 0.276 e. The zero-order chi connectivity index (χ0) is 17.3. The number of likely N-dealkylation sites (tertiary alicyclic amines) is 1. The number of methoxy groups -OCH3 is 1. The second-order valence-corrected chi connectivity index (χ2v) is 5.77. The van der Waals surface area contributed by atoms with Crippen molar-refractivity contribution in [1.82, 2.24) is 19.9 Å². The van der Waals surface area contributed by atoms with Gasteiger partial charge in [-0.25, -0.2) is 4.68 Å². The molecule has 1 atom stereocenters. The third-order valence-corrected chi connectivity index (χ3v) is 4.29. The molecule has 0 aliphatic carbocycles. The molecule has 24 heavy (non-hydrogen) atoms. The van der Waals surface area contributed by atoms with Gasteiger partial charge in [0.1, 0.15) is 5.75 Å². The Labute approximate surface area is 139 Å². The van der Waals surface area contributed by atoms with Crippen LogP contribution in [-0.4, -0.2) is 51.9 Å². The molecular weight excluding hydrogens is 310 g/mol. The van der Waals surface area contributed by atoms with Crippen LogP contribution in [0.1, 0.15) is 22.6 Å². The molecule has 0 radical (unpaired) electrons. The lowest BCUT2D eigenvalue weighted by molar-refractivity contribution is -0.121. The van der Waals surface area contributed by atoms with Gasteiger partial charge < -0.3 is 15.4 Å². The van der Waals surface area contributed by atoms with Crippen molar-refractivity contribution in [2.24, 2.45) is 11.7 Å². The average Bonchev–Trinajstić information content (AvgIpc) is 3.21. The number of primary amides is 1. The summed E-state index contributed by atoms with van der Waals surface area (Å²) in [7, 11) is 1.60. The van der Waals surface area contributed by atoms with Crippen LogP contribution in [0, 0.1) is 12.8 Å². The lowest BCUT2D eigenvalue weighted by Crippen LogP contribution is -2.32. The molecule has 1 aromatic heterocycles. The van der Waals surface area contributed by atoms with Gasteiger partial charge in [0.05, 0.1) is 24.4 Å². The first-order valence-electron chi connectivity index (χ1n) is 7.66. The Kier molecular flexibility index (Phi) is 4.20. The number of aromatic nitrogens is 3. The van der Waals surface area contributed by atoms with E-state index in [0.29, 0.717) is 25.2 Å². The van der Waals surface area contributed by atoms with Crippen molar-refractivity contribution in [3.05, 3.63) is 35.7 Å². The van der Waals surface area contributed by atoms with E-state index in [-0.39, 0.29) is 23.4 Å². The van der Waals surface area contributed by atoms with Crippen molar-refractivity contribution < 1.29 is 14.3 Å². The molecule has 2 N–H and O–H groups in total. The van der Waals surface area contributed by atoms with Gasteiger partial charge in [-0.3, -0.25) is 9.59 Å². The molecule has 1 saturated heterocycles. The second-order valence-electron chi connectivity index (χ2n) is 5.77. The standard InChI is InChI=1S/C16H19N5O3/c1-10-14(16(23)20-8-7-11(9-20)15(17)22)18-19-21(10)12-3-5-13(24-2)6-4-12/h3-6,11H,7-9H2,1-2H3,(H2,17,22)/t11-/m0/s1. The summed E-state index contributed by atoms with van der Waals surface area (Å²) < 4.78 is 6.74. The van der Waals surface area contributed by atoms with Crippen LogP contribution >= 0.6 is 0 Å². The number of nitrogens with zero attached hydrogens (tertiary/aromatic N) is 4. The highest BCUT2D eigenvalue weighted by Gasteiger charge is 2.32. The Bertz CT molecular complexity index is 769. The van der Waals surface area contributed by atoms with E-state index in [2.05, 4.69) is 10.3 Å². The summed E-state index contributed by atoms with van der Waals surface area (Å²) in [6.45, 7) is 2.63. The number of rotatable bonds is 4. The zero-order valence-electron chi connectivity index (χ0n) is 13.6. The first kappa shape index (κ1) is 16.0. The summed E-state index contributed by atoms with van der Waals surface area (Å²) in [6.07, 6.45) is 0.590. The fourth-order valence-corrected chi connectivity index (χ4v) is 2.82. The van der Waals surface area contributed by atoms with Gasteiger partial charge in [-0.05, 0) is 37.6 Å². The van der Waals surface area contributed by atoms with E-state index in [9.17, 15) is 9.59 Å². The maximum atomic E-state index is 12.6. The number of hydrogen-bond donors (Lipinski definition) is 1. The summed E-state index contributed by atoms with van der Waals surface area (Å²) in [5, 5.41) is 8.10. The van der Waals surface area contributed by atoms with E-state index < -0.39 is 0 Å². The van der Waals surface area contributed by atoms with Crippen LogP contribution in [0.4, 0.5) is 0 Å². The minimum Gasteiger partial charge on any atom is -0.497 e. The predicted octanol–water partition coefficient (Wildman–Crippen LogP) is 0.532. The molecule has 8 nitrogen and oxygen atoms in total. The van der Waals surface area contributed by atoms with Crippen LogP contribution in [0.25, 0.3) is 5.69 Å². The fraction of sp³-hybridized carbons (Fsp3) is 0.375. The molecule has 0 unspecified atom stereocenters. The van der Waals surface area contributed by atoms with Gasteiger partial charge >= 0.3 is 0 Å². The van der Waals surface area contributed by atoms with Crippen LogP contribution in [0.5, 0.6) is 5.75 Å². The molecule has 0 spiro atoms. The van der Waals surface area contributed by atoms with Gasteiger partial charge in [0.15, 0.2) is 5.69 Å². The Morgan fingerprint density at radius 2 is 2.00 bits per heavy atom. The summed E-state index contributed by atoms with van der Waals surface area (Å²) in [5.74, 6) is -0.145. The second kappa shape index (κ2) is 6.31. The number of nitrogens with two attached hydrogens (primary N) is 1. The molecule has 3 rings (SSSR count). The van der Waals surface area contributed by atoms with Gasteiger partial charge in [0, 0.05) is 13.1 Å². The molecule has 2 heterocycles. The Hall–Kier alpha value is -2.90. The maximum absolute atomic E-state index is 12.6. The van der Waals surface area contributed by atoms with Gasteiger partial charge in [-0.2, -0.15) is 0 Å². The zero-order valence-corrected chi connectivity index (χ0v) is 13.6. The molecular formula is C16H19N5O3. The summed E-state index contributed by atoms with van der Waals surface area (Å²) in [4.78, 5) is 25.5. The van der Waals surface area contributed by atoms with Gasteiger partial charge in [-0.15, -0.1) is 5.10 Å². The van der Waals surface area contributed by atoms with Crippen LogP contribution in [0.2, 0.25) is 0 Å². The molecule has 0 saturated carbocycles. The van der Waals surface area contributed by atoms with Crippen LogP contribution < -0.4 is 10.5 Å². The number of amides is 2. The summed E-state index contributed by atoms with van der Waals surface area (Å²) in [6, 6.07) is 7.31. The SMILES string of the molecule is COc1ccc(-n2nnc(C(=O)N3CC[C@H](C(N)=O)C3)c2C)cc1. The van der Waals surface area contributed by atoms with E-state index in [1.54, 1.807) is 23.6 Å². The van der Waals surface area contributed by atoms with Crippen molar-refractivity contribution in [2.45, 2.75) is 13.3 Å². The van der Waals surface area contributed by atoms with E-state index in [1.807, 2.05) is 24.3 Å². The normalized spacial score (nSPS) is 17.1. The van der Waals surface area contributed by atoms with E-state index in [1.165, 1.54) is 0 Å². The molecule has 1 aliphatic heterocycles. The summed E-state index contributed by atoms with van der Waals surface area (Å²) in [5.41, 5.74) is 7.04. The van der Waals surface area contributed by atoms with E-state index in [0.717, 1.165) is 11.4 Å². The quantitative estimate of drug-likeness (QED) is 0.881. The van der Waals surface area contributed by atoms with Crippen molar-refractivity contribution in [3.8, 4) is 11.4 Å². The number of carbonyl (C=O) groups is 2. The third-order valence-electron chi connectivity index (χ3n) is 4.29. The molecule has 8 heteroatoms. The minimum absolute atomic E-state index is 0.226. The lowest BCUT2D eigenvalue weighted by Gasteiger charge is -2.14. The number of benzene rings is 1. The fourth-order valence-electron chi connectivity index (χ4n) is 2.82. The highest BCUT2D eigenvalue weighted by atomic mass is 16.5. The molecule has 0 bridgehead atoms. The van der Waals surface area contributed by atoms with Crippen LogP contribution in [-0.2, 0) is 4.79 Å². The first-order chi connectivity index (χ1) is 11.5.